The smallest absolute Gasteiger partial charge is 0.168 e. The van der Waals surface area contributed by atoms with Gasteiger partial charge in [0.1, 0.15) is 23.3 Å². The van der Waals surface area contributed by atoms with Gasteiger partial charge in [0.2, 0.25) is 0 Å². The number of anilines is 2. The van der Waals surface area contributed by atoms with Crippen LogP contribution in [0.2, 0.25) is 0 Å². The molecular weight excluding hydrogens is 269 g/mol. The van der Waals surface area contributed by atoms with Gasteiger partial charge < -0.3 is 11.1 Å². The van der Waals surface area contributed by atoms with Crippen molar-refractivity contribution in [2.24, 2.45) is 0 Å². The van der Waals surface area contributed by atoms with Crippen LogP contribution >= 0.6 is 0 Å². The summed E-state index contributed by atoms with van der Waals surface area (Å²) in [5.74, 6) is 0.600. The Labute approximate surface area is 122 Å². The predicted octanol–water partition coefficient (Wildman–Crippen LogP) is 2.49. The van der Waals surface area contributed by atoms with Crippen LogP contribution < -0.4 is 11.1 Å². The summed E-state index contributed by atoms with van der Waals surface area (Å²) in [5.41, 5.74) is 7.25. The summed E-state index contributed by atoms with van der Waals surface area (Å²) in [6.07, 6.45) is 3.39. The molecule has 1 fully saturated rings. The van der Waals surface area contributed by atoms with Crippen LogP contribution in [-0.4, -0.2) is 15.8 Å². The second-order valence-electron chi connectivity index (χ2n) is 5.28. The van der Waals surface area contributed by atoms with E-state index in [1.54, 1.807) is 16.8 Å². The summed E-state index contributed by atoms with van der Waals surface area (Å²) >= 11 is 0. The number of benzene rings is 1. The lowest BCUT2D eigenvalue weighted by Crippen LogP contribution is -2.27. The first-order valence-corrected chi connectivity index (χ1v) is 6.94. The van der Waals surface area contributed by atoms with E-state index in [0.29, 0.717) is 29.8 Å². The van der Waals surface area contributed by atoms with Gasteiger partial charge in [-0.25, -0.2) is 9.07 Å². The molecule has 0 spiro atoms. The highest BCUT2D eigenvalue weighted by molar-refractivity contribution is 5.64. The molecule has 108 valence electrons. The standard InChI is InChI=1S/C15H16FN5/c16-11-6-4-10(5-7-11)9-21-14(18)13(8-17)15(20-21)19-12-2-1-3-12/h4-7,12H,1-3,9,18H2,(H,19,20). The van der Waals surface area contributed by atoms with Gasteiger partial charge in [-0.05, 0) is 37.0 Å². The van der Waals surface area contributed by atoms with Crippen molar-refractivity contribution in [3.05, 3.63) is 41.2 Å². The number of aromatic nitrogens is 2. The maximum Gasteiger partial charge on any atom is 0.168 e. The van der Waals surface area contributed by atoms with E-state index < -0.39 is 0 Å². The first-order chi connectivity index (χ1) is 10.2. The van der Waals surface area contributed by atoms with Gasteiger partial charge in [-0.15, -0.1) is 0 Å². The molecule has 3 rings (SSSR count). The summed E-state index contributed by atoms with van der Waals surface area (Å²) in [6, 6.07) is 8.64. The molecule has 0 radical (unpaired) electrons. The van der Waals surface area contributed by atoms with Gasteiger partial charge in [-0.2, -0.15) is 10.4 Å². The minimum absolute atomic E-state index is 0.280. The minimum Gasteiger partial charge on any atom is -0.383 e. The molecule has 0 amide bonds. The van der Waals surface area contributed by atoms with Crippen LogP contribution in [0, 0.1) is 17.1 Å². The van der Waals surface area contributed by atoms with Gasteiger partial charge in [0.25, 0.3) is 0 Å². The Morgan fingerprint density at radius 2 is 2.10 bits per heavy atom. The molecule has 5 nitrogen and oxygen atoms in total. The van der Waals surface area contributed by atoms with Gasteiger partial charge in [0.05, 0.1) is 6.54 Å². The lowest BCUT2D eigenvalue weighted by molar-refractivity contribution is 0.443. The van der Waals surface area contributed by atoms with Crippen molar-refractivity contribution in [3.8, 4) is 6.07 Å². The third-order valence-corrected chi connectivity index (χ3v) is 3.80. The molecular formula is C15H16FN5. The average Bonchev–Trinajstić information content (AvgIpc) is 2.72. The van der Waals surface area contributed by atoms with Crippen molar-refractivity contribution in [1.29, 1.82) is 5.26 Å². The average molecular weight is 285 g/mol. The van der Waals surface area contributed by atoms with Gasteiger partial charge in [-0.1, -0.05) is 12.1 Å². The molecule has 0 atom stereocenters. The van der Waals surface area contributed by atoms with E-state index in [4.69, 9.17) is 5.73 Å². The fraction of sp³-hybridized carbons (Fsp3) is 0.333. The molecule has 1 heterocycles. The van der Waals surface area contributed by atoms with E-state index in [-0.39, 0.29) is 5.82 Å². The van der Waals surface area contributed by atoms with Crippen LogP contribution in [0.5, 0.6) is 0 Å². The number of halogens is 1. The van der Waals surface area contributed by atoms with E-state index in [1.807, 2.05) is 0 Å². The van der Waals surface area contributed by atoms with E-state index in [0.717, 1.165) is 18.4 Å². The van der Waals surface area contributed by atoms with Crippen LogP contribution in [0.1, 0.15) is 30.4 Å². The topological polar surface area (TPSA) is 79.7 Å². The second kappa shape index (κ2) is 5.44. The predicted molar refractivity (Wildman–Crippen MR) is 78.1 cm³/mol. The molecule has 0 bridgehead atoms. The molecule has 1 aliphatic rings. The first-order valence-electron chi connectivity index (χ1n) is 6.94. The molecule has 6 heteroatoms. The fourth-order valence-corrected chi connectivity index (χ4v) is 2.32. The Balaban J connectivity index is 1.84. The largest absolute Gasteiger partial charge is 0.383 e. The number of hydrogen-bond acceptors (Lipinski definition) is 4. The second-order valence-corrected chi connectivity index (χ2v) is 5.28. The first kappa shape index (κ1) is 13.4. The zero-order valence-corrected chi connectivity index (χ0v) is 11.5. The quantitative estimate of drug-likeness (QED) is 0.904. The third kappa shape index (κ3) is 2.68. The van der Waals surface area contributed by atoms with Crippen LogP contribution in [0.15, 0.2) is 24.3 Å². The summed E-state index contributed by atoms with van der Waals surface area (Å²) < 4.78 is 14.5. The van der Waals surface area contributed by atoms with E-state index in [2.05, 4.69) is 16.5 Å². The molecule has 1 aromatic heterocycles. The monoisotopic (exact) mass is 285 g/mol. The SMILES string of the molecule is N#Cc1c(NC2CCC2)nn(Cc2ccc(F)cc2)c1N. The van der Waals surface area contributed by atoms with Crippen molar-refractivity contribution in [2.45, 2.75) is 31.8 Å². The molecule has 0 aliphatic heterocycles. The molecule has 21 heavy (non-hydrogen) atoms. The van der Waals surface area contributed by atoms with Crippen molar-refractivity contribution < 1.29 is 4.39 Å². The van der Waals surface area contributed by atoms with Crippen LogP contribution in [0.4, 0.5) is 16.0 Å². The summed E-state index contributed by atoms with van der Waals surface area (Å²) in [6.45, 7) is 0.410. The lowest BCUT2D eigenvalue weighted by atomic mass is 9.93. The minimum atomic E-state index is -0.280. The fourth-order valence-electron chi connectivity index (χ4n) is 2.32. The number of nitrogens with two attached hydrogens (primary N) is 1. The zero-order valence-electron chi connectivity index (χ0n) is 11.5. The number of nitrogens with zero attached hydrogens (tertiary/aromatic N) is 3. The van der Waals surface area contributed by atoms with Gasteiger partial charge in [-0.3, -0.25) is 0 Å². The number of nitrogens with one attached hydrogen (secondary N) is 1. The summed E-state index contributed by atoms with van der Waals surface area (Å²) in [5, 5.41) is 16.9. The van der Waals surface area contributed by atoms with Crippen molar-refractivity contribution in [3.63, 3.8) is 0 Å². The number of hydrogen-bond donors (Lipinski definition) is 2. The van der Waals surface area contributed by atoms with Crippen molar-refractivity contribution in [1.82, 2.24) is 9.78 Å². The normalized spacial score (nSPS) is 14.5. The third-order valence-electron chi connectivity index (χ3n) is 3.80. The van der Waals surface area contributed by atoms with Gasteiger partial charge >= 0.3 is 0 Å². The summed E-state index contributed by atoms with van der Waals surface area (Å²) in [7, 11) is 0. The molecule has 2 aromatic rings. The highest BCUT2D eigenvalue weighted by Gasteiger charge is 2.22. The number of rotatable bonds is 4. The van der Waals surface area contributed by atoms with Crippen LogP contribution in [0.3, 0.4) is 0 Å². The Morgan fingerprint density at radius 1 is 1.38 bits per heavy atom. The highest BCUT2D eigenvalue weighted by Crippen LogP contribution is 2.27. The summed E-state index contributed by atoms with van der Waals surface area (Å²) in [4.78, 5) is 0. The molecule has 0 saturated heterocycles. The molecule has 1 aliphatic carbocycles. The molecule has 1 saturated carbocycles. The van der Waals surface area contributed by atoms with Crippen LogP contribution in [-0.2, 0) is 6.54 Å². The van der Waals surface area contributed by atoms with E-state index in [9.17, 15) is 9.65 Å². The Bertz CT molecular complexity index is 679. The van der Waals surface area contributed by atoms with Crippen LogP contribution in [0.25, 0.3) is 0 Å². The zero-order chi connectivity index (χ0) is 14.8. The maximum absolute atomic E-state index is 12.9. The Kier molecular flexibility index (Phi) is 3.48. The highest BCUT2D eigenvalue weighted by atomic mass is 19.1. The van der Waals surface area contributed by atoms with Crippen molar-refractivity contribution >= 4 is 11.6 Å². The van der Waals surface area contributed by atoms with E-state index >= 15 is 0 Å². The number of nitrogen functional groups attached to an aromatic ring is 1. The molecule has 0 unspecified atom stereocenters. The lowest BCUT2D eigenvalue weighted by Gasteiger charge is -2.26. The van der Waals surface area contributed by atoms with Gasteiger partial charge in [0.15, 0.2) is 5.82 Å². The van der Waals surface area contributed by atoms with E-state index in [1.165, 1.54) is 18.6 Å². The van der Waals surface area contributed by atoms with Gasteiger partial charge in [0, 0.05) is 6.04 Å². The van der Waals surface area contributed by atoms with Crippen molar-refractivity contribution in [2.75, 3.05) is 11.1 Å². The number of nitriles is 1. The Morgan fingerprint density at radius 3 is 2.67 bits per heavy atom. The maximum atomic E-state index is 12.9. The molecule has 3 N–H and O–H groups in total. The molecule has 1 aromatic carbocycles. The Hall–Kier alpha value is -2.55.